The highest BCUT2D eigenvalue weighted by atomic mass is 16.7. The lowest BCUT2D eigenvalue weighted by Gasteiger charge is -2.40. The van der Waals surface area contributed by atoms with Crippen LogP contribution in [0.25, 0.3) is 0 Å². The molecule has 0 aromatic carbocycles. The van der Waals surface area contributed by atoms with Crippen molar-refractivity contribution in [2.24, 2.45) is 0 Å². The van der Waals surface area contributed by atoms with Crippen LogP contribution in [0.1, 0.15) is 277 Å². The van der Waals surface area contributed by atoms with Crippen molar-refractivity contribution in [2.45, 2.75) is 320 Å². The summed E-state index contributed by atoms with van der Waals surface area (Å²) in [5.41, 5.74) is 0. The maximum atomic E-state index is 13.0. The van der Waals surface area contributed by atoms with Crippen LogP contribution in [0.3, 0.4) is 0 Å². The van der Waals surface area contributed by atoms with Crippen LogP contribution in [0, 0.1) is 0 Å². The fraction of sp³-hybridized carbons (Fsp3) is 0.869. The van der Waals surface area contributed by atoms with Gasteiger partial charge in [0.1, 0.15) is 24.4 Å². The molecule has 1 saturated heterocycles. The number of allylic oxidation sites excluding steroid dienone is 5. The van der Waals surface area contributed by atoms with Gasteiger partial charge in [-0.3, -0.25) is 9.59 Å². The molecule has 0 radical (unpaired) electrons. The molecule has 11 heteroatoms. The molecule has 0 aliphatic carbocycles. The summed E-state index contributed by atoms with van der Waals surface area (Å²) in [5.74, 6) is -0.209. The van der Waals surface area contributed by atoms with Crippen LogP contribution in [-0.2, 0) is 23.8 Å². The highest BCUT2D eigenvalue weighted by Crippen LogP contribution is 2.23. The van der Waals surface area contributed by atoms with Gasteiger partial charge in [-0.2, -0.15) is 0 Å². The Kier molecular flexibility index (Phi) is 48.1. The van der Waals surface area contributed by atoms with Crippen molar-refractivity contribution >= 4 is 11.9 Å². The van der Waals surface area contributed by atoms with Crippen LogP contribution in [0.15, 0.2) is 36.5 Å². The highest BCUT2D eigenvalue weighted by molar-refractivity contribution is 5.76. The molecule has 1 heterocycles. The van der Waals surface area contributed by atoms with Crippen LogP contribution >= 0.6 is 0 Å². The lowest BCUT2D eigenvalue weighted by Crippen LogP contribution is -2.60. The zero-order valence-corrected chi connectivity index (χ0v) is 46.4. The first kappa shape index (κ1) is 67.9. The quantitative estimate of drug-likeness (QED) is 0.0195. The number of unbranched alkanes of at least 4 members (excludes halogenated alkanes) is 34. The van der Waals surface area contributed by atoms with Gasteiger partial charge in [0, 0.05) is 12.8 Å². The predicted octanol–water partition coefficient (Wildman–Crippen LogP) is 13.9. The molecule has 422 valence electrons. The summed E-state index contributed by atoms with van der Waals surface area (Å²) in [6.07, 6.45) is 52.3. The molecular weight excluding hydrogens is 907 g/mol. The van der Waals surface area contributed by atoms with E-state index in [2.05, 4.69) is 43.5 Å². The second-order valence-corrected chi connectivity index (χ2v) is 21.0. The van der Waals surface area contributed by atoms with Gasteiger partial charge in [0.2, 0.25) is 5.91 Å². The van der Waals surface area contributed by atoms with Gasteiger partial charge in [0.25, 0.3) is 0 Å². The van der Waals surface area contributed by atoms with E-state index in [-0.39, 0.29) is 18.5 Å². The van der Waals surface area contributed by atoms with Gasteiger partial charge in [-0.25, -0.2) is 0 Å². The van der Waals surface area contributed by atoms with Gasteiger partial charge in [-0.1, -0.05) is 224 Å². The Morgan fingerprint density at radius 3 is 1.38 bits per heavy atom. The molecule has 0 spiro atoms. The lowest BCUT2D eigenvalue weighted by molar-refractivity contribution is -0.302. The van der Waals surface area contributed by atoms with Crippen LogP contribution in [0.5, 0.6) is 0 Å². The van der Waals surface area contributed by atoms with Gasteiger partial charge in [0.15, 0.2) is 6.29 Å². The molecule has 0 aromatic rings. The largest absolute Gasteiger partial charge is 0.466 e. The number of amides is 1. The van der Waals surface area contributed by atoms with E-state index in [4.69, 9.17) is 14.2 Å². The molecule has 72 heavy (non-hydrogen) atoms. The predicted molar refractivity (Wildman–Crippen MR) is 297 cm³/mol. The number of hydrogen-bond donors (Lipinski definition) is 6. The molecule has 7 unspecified atom stereocenters. The number of carbonyl (C=O) groups excluding carboxylic acids is 2. The van der Waals surface area contributed by atoms with Crippen molar-refractivity contribution in [1.29, 1.82) is 0 Å². The standard InChI is InChI=1S/C61H113NO10/c1-3-5-7-9-11-13-15-24-28-31-35-39-43-47-54(64)53(52-71-61-60(69)59(68)58(67)55(51-63)72-61)62-56(65)48-44-40-36-32-29-25-22-20-18-16-17-19-21-23-26-30-34-38-42-46-50-70-57(66)49-45-41-37-33-27-14-12-10-8-6-4-2/h10,12,16,18,43,47,53-55,58-61,63-64,67-69H,3-9,11,13-15,17,19-42,44-46,48-52H2,1-2H3,(H,62,65)/b12-10-,18-16-,47-43+. The van der Waals surface area contributed by atoms with Gasteiger partial charge >= 0.3 is 5.97 Å². The summed E-state index contributed by atoms with van der Waals surface area (Å²) in [5, 5.41) is 54.4. The number of aliphatic hydroxyl groups excluding tert-OH is 5. The van der Waals surface area contributed by atoms with E-state index in [0.717, 1.165) is 77.0 Å². The lowest BCUT2D eigenvalue weighted by atomic mass is 9.99. The fourth-order valence-electron chi connectivity index (χ4n) is 9.35. The molecule has 1 amide bonds. The van der Waals surface area contributed by atoms with Gasteiger partial charge in [0.05, 0.1) is 32.0 Å². The summed E-state index contributed by atoms with van der Waals surface area (Å²) in [6.45, 7) is 4.29. The third-order valence-electron chi connectivity index (χ3n) is 14.2. The number of esters is 1. The third-order valence-corrected chi connectivity index (χ3v) is 14.2. The third kappa shape index (κ3) is 40.2. The number of carbonyl (C=O) groups is 2. The number of ether oxygens (including phenoxy) is 3. The Bertz CT molecular complexity index is 1290. The number of hydrogen-bond acceptors (Lipinski definition) is 10. The van der Waals surface area contributed by atoms with E-state index in [1.54, 1.807) is 6.08 Å². The summed E-state index contributed by atoms with van der Waals surface area (Å²) < 4.78 is 16.7. The molecule has 0 aromatic heterocycles. The molecule has 7 atom stereocenters. The maximum Gasteiger partial charge on any atom is 0.305 e. The molecule has 1 rings (SSSR count). The average molecular weight is 1020 g/mol. The smallest absolute Gasteiger partial charge is 0.305 e. The minimum absolute atomic E-state index is 0.0190. The first-order valence-corrected chi connectivity index (χ1v) is 30.3. The number of aliphatic hydroxyl groups is 5. The molecule has 11 nitrogen and oxygen atoms in total. The first-order chi connectivity index (χ1) is 35.2. The summed E-state index contributed by atoms with van der Waals surface area (Å²) in [4.78, 5) is 25.0. The van der Waals surface area contributed by atoms with Crippen molar-refractivity contribution < 1.29 is 49.3 Å². The van der Waals surface area contributed by atoms with E-state index < -0.39 is 49.5 Å². The monoisotopic (exact) mass is 1020 g/mol. The molecule has 6 N–H and O–H groups in total. The van der Waals surface area contributed by atoms with Gasteiger partial charge in [-0.05, 0) is 77.0 Å². The van der Waals surface area contributed by atoms with E-state index in [1.165, 1.54) is 173 Å². The van der Waals surface area contributed by atoms with E-state index in [9.17, 15) is 35.1 Å². The second-order valence-electron chi connectivity index (χ2n) is 21.0. The zero-order chi connectivity index (χ0) is 52.4. The van der Waals surface area contributed by atoms with Crippen LogP contribution < -0.4 is 5.32 Å². The van der Waals surface area contributed by atoms with Crippen molar-refractivity contribution in [3.05, 3.63) is 36.5 Å². The maximum absolute atomic E-state index is 13.0. The Hall–Kier alpha value is -2.12. The Morgan fingerprint density at radius 2 is 0.903 bits per heavy atom. The molecular formula is C61H113NO10. The molecule has 1 aliphatic rings. The minimum Gasteiger partial charge on any atom is -0.466 e. The van der Waals surface area contributed by atoms with Crippen LogP contribution in [-0.4, -0.2) is 100 Å². The Labute approximate surface area is 441 Å². The highest BCUT2D eigenvalue weighted by Gasteiger charge is 2.44. The fourth-order valence-corrected chi connectivity index (χ4v) is 9.35. The SMILES string of the molecule is CCCC/C=C\CCCCCCCC(=O)OCCCCCCCCCCC/C=C\CCCCCCCCCC(=O)NC(COC1OC(CO)C(O)C(O)C1O)C(O)/C=C/CCCCCCCCCCCCC. The van der Waals surface area contributed by atoms with E-state index in [1.807, 2.05) is 6.08 Å². The van der Waals surface area contributed by atoms with Crippen LogP contribution in [0.2, 0.25) is 0 Å². The molecule has 0 bridgehead atoms. The number of nitrogens with one attached hydrogen (secondary N) is 1. The molecule has 1 aliphatic heterocycles. The first-order valence-electron chi connectivity index (χ1n) is 30.3. The zero-order valence-electron chi connectivity index (χ0n) is 46.4. The topological polar surface area (TPSA) is 175 Å². The van der Waals surface area contributed by atoms with Gasteiger partial charge in [-0.15, -0.1) is 0 Å². The summed E-state index contributed by atoms with van der Waals surface area (Å²) in [6, 6.07) is -0.816. The van der Waals surface area contributed by atoms with Gasteiger partial charge < -0.3 is 45.1 Å². The second kappa shape index (κ2) is 51.0. The van der Waals surface area contributed by atoms with Crippen LogP contribution in [0.4, 0.5) is 0 Å². The summed E-state index contributed by atoms with van der Waals surface area (Å²) >= 11 is 0. The Morgan fingerprint density at radius 1 is 0.500 bits per heavy atom. The van der Waals surface area contributed by atoms with E-state index in [0.29, 0.717) is 19.4 Å². The summed E-state index contributed by atoms with van der Waals surface area (Å²) in [7, 11) is 0. The minimum atomic E-state index is -1.57. The van der Waals surface area contributed by atoms with Crippen molar-refractivity contribution in [3.8, 4) is 0 Å². The van der Waals surface area contributed by atoms with Crippen molar-refractivity contribution in [2.75, 3.05) is 19.8 Å². The number of rotatable bonds is 52. The molecule has 0 saturated carbocycles. The molecule has 1 fully saturated rings. The van der Waals surface area contributed by atoms with E-state index >= 15 is 0 Å². The van der Waals surface area contributed by atoms with Crippen molar-refractivity contribution in [1.82, 2.24) is 5.32 Å². The average Bonchev–Trinajstić information content (AvgIpc) is 3.38. The van der Waals surface area contributed by atoms with Crippen molar-refractivity contribution in [3.63, 3.8) is 0 Å². The normalized spacial score (nSPS) is 19.2. The Balaban J connectivity index is 2.10.